The number of carbonyl (C=O) groups excluding carboxylic acids is 4. The predicted molar refractivity (Wildman–Crippen MR) is 138 cm³/mol. The summed E-state index contributed by atoms with van der Waals surface area (Å²) in [6, 6.07) is -0.0566. The minimum Gasteiger partial charge on any atom is -0.462 e. The first-order valence-corrected chi connectivity index (χ1v) is 12.7. The molecule has 215 valence electrons. The van der Waals surface area contributed by atoms with Gasteiger partial charge in [-0.05, 0) is 54.4 Å². The van der Waals surface area contributed by atoms with Crippen LogP contribution in [-0.2, 0) is 43.3 Å². The number of hydrogen-bond acceptors (Lipinski definition) is 10. The van der Waals surface area contributed by atoms with Gasteiger partial charge >= 0.3 is 23.9 Å². The van der Waals surface area contributed by atoms with Gasteiger partial charge < -0.3 is 18.9 Å². The van der Waals surface area contributed by atoms with Gasteiger partial charge in [0.1, 0.15) is 26.4 Å². The van der Waals surface area contributed by atoms with Crippen LogP contribution in [0.2, 0.25) is 0 Å². The van der Waals surface area contributed by atoms with Crippen molar-refractivity contribution in [3.63, 3.8) is 0 Å². The predicted octanol–water partition coefficient (Wildman–Crippen LogP) is 2.76. The lowest BCUT2D eigenvalue weighted by Gasteiger charge is -2.52. The fourth-order valence-corrected chi connectivity index (χ4v) is 4.39. The Bertz CT molecular complexity index is 814. The summed E-state index contributed by atoms with van der Waals surface area (Å²) in [7, 11) is 0. The Balaban J connectivity index is 2.70. The minimum absolute atomic E-state index is 0.0543. The fourth-order valence-electron chi connectivity index (χ4n) is 4.39. The van der Waals surface area contributed by atoms with Gasteiger partial charge in [-0.1, -0.05) is 13.2 Å². The quantitative estimate of drug-likeness (QED) is 0.132. The van der Waals surface area contributed by atoms with Gasteiger partial charge in [0.2, 0.25) is 0 Å². The minimum atomic E-state index is -0.633. The van der Waals surface area contributed by atoms with Crippen molar-refractivity contribution in [2.45, 2.75) is 84.3 Å². The number of ether oxygens (including phenoxy) is 4. The third-order valence-corrected chi connectivity index (χ3v) is 6.15. The van der Waals surface area contributed by atoms with Gasteiger partial charge in [0.05, 0.1) is 12.8 Å². The van der Waals surface area contributed by atoms with Crippen LogP contribution in [0.15, 0.2) is 24.3 Å². The number of nitrogens with zero attached hydrogens (tertiary/aromatic N) is 2. The van der Waals surface area contributed by atoms with E-state index in [0.29, 0.717) is 25.9 Å². The smallest absolute Gasteiger partial charge is 0.333 e. The fraction of sp³-hybridized carbons (Fsp3) is 0.704. The van der Waals surface area contributed by atoms with Gasteiger partial charge in [-0.15, -0.1) is 10.3 Å². The van der Waals surface area contributed by atoms with Crippen LogP contribution in [0.3, 0.4) is 0 Å². The van der Waals surface area contributed by atoms with E-state index < -0.39 is 35.0 Å². The van der Waals surface area contributed by atoms with Crippen molar-refractivity contribution >= 4 is 23.9 Å². The van der Waals surface area contributed by atoms with Crippen molar-refractivity contribution in [3.8, 4) is 0 Å². The molecule has 1 heterocycles. The molecule has 0 aromatic carbocycles. The molecule has 0 aromatic rings. The Labute approximate surface area is 225 Å². The second-order valence-corrected chi connectivity index (χ2v) is 10.8. The lowest BCUT2D eigenvalue weighted by atomic mass is 9.78. The second kappa shape index (κ2) is 15.0. The number of hydrogen-bond donors (Lipinski definition) is 0. The molecule has 0 amide bonds. The number of rotatable bonds is 15. The summed E-state index contributed by atoms with van der Waals surface area (Å²) in [5.74, 6) is -2.04. The molecule has 1 fully saturated rings. The van der Waals surface area contributed by atoms with E-state index in [1.165, 1.54) is 13.8 Å². The maximum Gasteiger partial charge on any atom is 0.333 e. The average molecular weight is 540 g/mol. The molecule has 0 saturated carbocycles. The van der Waals surface area contributed by atoms with Crippen LogP contribution < -0.4 is 0 Å². The molecular weight excluding hydrogens is 496 g/mol. The first-order valence-electron chi connectivity index (χ1n) is 12.7. The van der Waals surface area contributed by atoms with Crippen LogP contribution in [0.25, 0.3) is 0 Å². The molecule has 1 rings (SSSR count). The Hall–Kier alpha value is -2.76. The van der Waals surface area contributed by atoms with E-state index in [2.05, 4.69) is 13.2 Å². The van der Waals surface area contributed by atoms with Crippen molar-refractivity contribution in [1.82, 2.24) is 9.96 Å². The van der Waals surface area contributed by atoms with Crippen LogP contribution in [0.4, 0.5) is 0 Å². The van der Waals surface area contributed by atoms with Gasteiger partial charge in [-0.2, -0.15) is 0 Å². The highest BCUT2D eigenvalue weighted by atomic mass is 16.6. The summed E-state index contributed by atoms with van der Waals surface area (Å²) in [6.45, 7) is 17.9. The van der Waals surface area contributed by atoms with Crippen LogP contribution >= 0.6 is 0 Å². The molecule has 11 heteroatoms. The Morgan fingerprint density at radius 2 is 1.08 bits per heavy atom. The molecule has 0 bridgehead atoms. The SMILES string of the molecule is C=C(C)C(=O)OCCOC(=O)CCN(CCC(=O)OCCOC(=O)C(=C)C)C1CC(C)(C)N([O])C(C)(C)C1. The topological polar surface area (TPSA) is 132 Å². The first kappa shape index (κ1) is 33.3. The van der Waals surface area contributed by atoms with Crippen LogP contribution in [0, 0.1) is 0 Å². The van der Waals surface area contributed by atoms with Crippen LogP contribution in [0.5, 0.6) is 0 Å². The van der Waals surface area contributed by atoms with Crippen molar-refractivity contribution in [2.24, 2.45) is 0 Å². The molecule has 0 N–H and O–H groups in total. The summed E-state index contributed by atoms with van der Waals surface area (Å²) in [6.07, 6.45) is 1.22. The van der Waals surface area contributed by atoms with Gasteiger partial charge in [0.25, 0.3) is 0 Å². The summed E-state index contributed by atoms with van der Waals surface area (Å²) < 4.78 is 20.2. The Kier molecular flexibility index (Phi) is 13.1. The van der Waals surface area contributed by atoms with E-state index in [1.807, 2.05) is 32.6 Å². The molecule has 1 saturated heterocycles. The van der Waals surface area contributed by atoms with Gasteiger partial charge in [-0.25, -0.2) is 9.59 Å². The van der Waals surface area contributed by atoms with Crippen molar-refractivity contribution in [3.05, 3.63) is 24.3 Å². The zero-order valence-corrected chi connectivity index (χ0v) is 23.6. The Morgan fingerprint density at radius 3 is 1.42 bits per heavy atom. The summed E-state index contributed by atoms with van der Waals surface area (Å²) in [5.41, 5.74) is -0.750. The molecule has 0 unspecified atom stereocenters. The van der Waals surface area contributed by atoms with Crippen molar-refractivity contribution < 1.29 is 43.3 Å². The monoisotopic (exact) mass is 539 g/mol. The normalized spacial score (nSPS) is 16.9. The zero-order valence-electron chi connectivity index (χ0n) is 23.6. The molecule has 1 aliphatic heterocycles. The van der Waals surface area contributed by atoms with E-state index in [4.69, 9.17) is 18.9 Å². The number of esters is 4. The highest BCUT2D eigenvalue weighted by Crippen LogP contribution is 2.39. The Morgan fingerprint density at radius 1 is 0.737 bits per heavy atom. The van der Waals surface area contributed by atoms with E-state index >= 15 is 0 Å². The van der Waals surface area contributed by atoms with E-state index in [0.717, 1.165) is 5.06 Å². The van der Waals surface area contributed by atoms with Crippen molar-refractivity contribution in [2.75, 3.05) is 39.5 Å². The third kappa shape index (κ3) is 11.3. The number of hydroxylamine groups is 2. The number of piperidine rings is 1. The third-order valence-electron chi connectivity index (χ3n) is 6.15. The summed E-state index contributed by atoms with van der Waals surface area (Å²) in [5, 5.41) is 13.9. The van der Waals surface area contributed by atoms with Crippen LogP contribution in [0.1, 0.15) is 67.2 Å². The van der Waals surface area contributed by atoms with Gasteiger partial charge in [0.15, 0.2) is 0 Å². The number of carbonyl (C=O) groups is 4. The second-order valence-electron chi connectivity index (χ2n) is 10.8. The van der Waals surface area contributed by atoms with E-state index in [-0.39, 0.29) is 56.5 Å². The maximum atomic E-state index is 12.8. The highest BCUT2D eigenvalue weighted by molar-refractivity contribution is 5.87. The van der Waals surface area contributed by atoms with E-state index in [1.54, 1.807) is 0 Å². The first-order chi connectivity index (χ1) is 17.6. The molecule has 1 aliphatic rings. The lowest BCUT2D eigenvalue weighted by molar-refractivity contribution is -0.294. The van der Waals surface area contributed by atoms with Crippen molar-refractivity contribution in [1.29, 1.82) is 0 Å². The van der Waals surface area contributed by atoms with Crippen LogP contribution in [-0.4, -0.2) is 90.5 Å². The standard InChI is InChI=1S/C27H43N2O9/c1-19(2)24(32)37-15-13-35-22(30)9-11-28(21-17-26(5,6)29(34)27(7,8)18-21)12-10-23(31)36-14-16-38-25(33)20(3)4/h21H,1,3,9-18H2,2,4-8H3. The molecule has 11 nitrogen and oxygen atoms in total. The largest absolute Gasteiger partial charge is 0.462 e. The molecule has 38 heavy (non-hydrogen) atoms. The summed E-state index contributed by atoms with van der Waals surface area (Å²) in [4.78, 5) is 49.5. The lowest BCUT2D eigenvalue weighted by Crippen LogP contribution is -2.62. The van der Waals surface area contributed by atoms with Gasteiger partial charge in [0, 0.05) is 41.4 Å². The molecule has 0 spiro atoms. The van der Waals surface area contributed by atoms with Gasteiger partial charge in [-0.3, -0.25) is 14.5 Å². The molecular formula is C27H43N2O9. The zero-order chi connectivity index (χ0) is 29.1. The molecule has 1 radical (unpaired) electrons. The molecule has 0 aliphatic carbocycles. The van der Waals surface area contributed by atoms with E-state index in [9.17, 15) is 24.4 Å². The molecule has 0 aromatic heterocycles. The maximum absolute atomic E-state index is 12.8. The summed E-state index contributed by atoms with van der Waals surface area (Å²) >= 11 is 0. The highest BCUT2D eigenvalue weighted by Gasteiger charge is 2.47. The average Bonchev–Trinajstić information content (AvgIpc) is 2.81. The molecule has 0 atom stereocenters.